The summed E-state index contributed by atoms with van der Waals surface area (Å²) in [4.78, 5) is 21.2. The number of anilines is 1. The molecular weight excluding hydrogens is 496 g/mol. The molecule has 4 heterocycles. The maximum Gasteiger partial charge on any atom is 0.413 e. The van der Waals surface area contributed by atoms with Gasteiger partial charge in [-0.1, -0.05) is 17.7 Å². The quantitative estimate of drug-likeness (QED) is 0.318. The summed E-state index contributed by atoms with van der Waals surface area (Å²) in [5.74, 6) is 1.51. The van der Waals surface area contributed by atoms with E-state index in [0.717, 1.165) is 11.3 Å². The van der Waals surface area contributed by atoms with Crippen molar-refractivity contribution in [2.24, 2.45) is 0 Å². The maximum absolute atomic E-state index is 12.4. The number of carbonyl (C=O) groups excluding carboxylic acids is 1. The molecule has 0 radical (unpaired) electrons. The lowest BCUT2D eigenvalue weighted by atomic mass is 10.2. The average Bonchev–Trinajstić information content (AvgIpc) is 3.44. The van der Waals surface area contributed by atoms with Gasteiger partial charge < -0.3 is 13.9 Å². The molecule has 0 bridgehead atoms. The van der Waals surface area contributed by atoms with Crippen LogP contribution in [0.25, 0.3) is 11.3 Å². The molecule has 11 nitrogen and oxygen atoms in total. The third-order valence-electron chi connectivity index (χ3n) is 5.92. The molecule has 186 valence electrons. The molecule has 1 aliphatic rings. The van der Waals surface area contributed by atoms with Crippen LogP contribution in [-0.4, -0.2) is 40.7 Å². The molecule has 0 atom stereocenters. The van der Waals surface area contributed by atoms with Gasteiger partial charge in [0.1, 0.15) is 36.8 Å². The highest BCUT2D eigenvalue weighted by atomic mass is 35.5. The number of rotatable bonds is 8. The summed E-state index contributed by atoms with van der Waals surface area (Å²) >= 11 is 6.11. The van der Waals surface area contributed by atoms with E-state index in [9.17, 15) is 4.79 Å². The number of fused-ring (bicyclic) bond motifs is 1. The highest BCUT2D eigenvalue weighted by Gasteiger charge is 2.23. The molecule has 12 heteroatoms. The number of hydrogen-bond donors (Lipinski definition) is 1. The van der Waals surface area contributed by atoms with E-state index in [-0.39, 0.29) is 13.2 Å². The van der Waals surface area contributed by atoms with Crippen LogP contribution < -0.4 is 10.1 Å². The SMILES string of the molecule is O=C(Nc1cc(OCc2cn3cc(C4CC4)ccc3n2)ccn1)OCc1cc(Cl)ccc1-n1cnnn1. The molecular formula is C25H21ClN8O3. The Morgan fingerprint density at radius 1 is 1.11 bits per heavy atom. The van der Waals surface area contributed by atoms with Gasteiger partial charge in [0.15, 0.2) is 0 Å². The maximum atomic E-state index is 12.4. The number of ether oxygens (including phenoxy) is 2. The third kappa shape index (κ3) is 5.36. The minimum absolute atomic E-state index is 0.0475. The van der Waals surface area contributed by atoms with Crippen molar-refractivity contribution in [3.8, 4) is 11.4 Å². The largest absolute Gasteiger partial charge is 0.487 e. The topological polar surface area (TPSA) is 121 Å². The highest BCUT2D eigenvalue weighted by molar-refractivity contribution is 6.30. The number of tetrazole rings is 1. The van der Waals surface area contributed by atoms with Gasteiger partial charge in [0, 0.05) is 35.2 Å². The number of pyridine rings is 2. The number of benzene rings is 1. The molecule has 4 aromatic heterocycles. The predicted octanol–water partition coefficient (Wildman–Crippen LogP) is 4.56. The van der Waals surface area contributed by atoms with Crippen LogP contribution in [0.4, 0.5) is 10.6 Å². The monoisotopic (exact) mass is 516 g/mol. The standard InChI is InChI=1S/C25H21ClN8O3/c26-19-4-5-22(34-15-28-31-32-34)18(9-19)13-37-25(35)30-23-10-21(7-8-27-23)36-14-20-12-33-11-17(16-1-2-16)3-6-24(33)29-20/h3-12,15-16H,1-2,13-14H2,(H,27,30,35). The zero-order chi connectivity index (χ0) is 25.2. The summed E-state index contributed by atoms with van der Waals surface area (Å²) in [7, 11) is 0. The summed E-state index contributed by atoms with van der Waals surface area (Å²) in [5.41, 5.74) is 4.31. The van der Waals surface area contributed by atoms with Crippen LogP contribution in [0.3, 0.4) is 0 Å². The van der Waals surface area contributed by atoms with Gasteiger partial charge in [0.25, 0.3) is 0 Å². The third-order valence-corrected chi connectivity index (χ3v) is 6.15. The molecule has 0 unspecified atom stereocenters. The lowest BCUT2D eigenvalue weighted by Gasteiger charge is -2.11. The van der Waals surface area contributed by atoms with Crippen LogP contribution in [-0.2, 0) is 18.0 Å². The van der Waals surface area contributed by atoms with E-state index in [1.165, 1.54) is 29.4 Å². The van der Waals surface area contributed by atoms with Crippen molar-refractivity contribution in [1.82, 2.24) is 34.6 Å². The first kappa shape index (κ1) is 22.9. The van der Waals surface area contributed by atoms with Crippen molar-refractivity contribution >= 4 is 29.2 Å². The molecule has 37 heavy (non-hydrogen) atoms. The molecule has 1 aromatic carbocycles. The normalized spacial score (nSPS) is 13.0. The number of amides is 1. The van der Waals surface area contributed by atoms with Gasteiger partial charge >= 0.3 is 6.09 Å². The van der Waals surface area contributed by atoms with Crippen molar-refractivity contribution in [3.63, 3.8) is 0 Å². The van der Waals surface area contributed by atoms with E-state index in [0.29, 0.717) is 33.8 Å². The van der Waals surface area contributed by atoms with E-state index >= 15 is 0 Å². The zero-order valence-electron chi connectivity index (χ0n) is 19.5. The Kier molecular flexibility index (Phi) is 6.11. The van der Waals surface area contributed by atoms with E-state index in [1.807, 2.05) is 16.7 Å². The number of nitrogens with zero attached hydrogens (tertiary/aromatic N) is 7. The van der Waals surface area contributed by atoms with E-state index in [2.05, 4.69) is 43.1 Å². The molecule has 0 saturated heterocycles. The number of hydrogen-bond acceptors (Lipinski definition) is 8. The first-order chi connectivity index (χ1) is 18.1. The van der Waals surface area contributed by atoms with Gasteiger partial charge in [-0.15, -0.1) is 5.10 Å². The molecule has 0 spiro atoms. The fourth-order valence-corrected chi connectivity index (χ4v) is 4.16. The van der Waals surface area contributed by atoms with Crippen LogP contribution in [0.2, 0.25) is 5.02 Å². The van der Waals surface area contributed by atoms with Gasteiger partial charge in [-0.05, 0) is 65.1 Å². The van der Waals surface area contributed by atoms with Crippen LogP contribution in [0.5, 0.6) is 5.75 Å². The second-order valence-electron chi connectivity index (χ2n) is 8.63. The fraction of sp³-hybridized carbons (Fsp3) is 0.200. The Hall–Kier alpha value is -4.51. The summed E-state index contributed by atoms with van der Waals surface area (Å²) in [6, 6.07) is 12.6. The Morgan fingerprint density at radius 3 is 2.86 bits per heavy atom. The summed E-state index contributed by atoms with van der Waals surface area (Å²) in [6.45, 7) is 0.233. The number of imidazole rings is 1. The first-order valence-electron chi connectivity index (χ1n) is 11.6. The van der Waals surface area contributed by atoms with Gasteiger partial charge in [0.05, 0.1) is 11.4 Å². The Morgan fingerprint density at radius 2 is 2.03 bits per heavy atom. The van der Waals surface area contributed by atoms with Crippen molar-refractivity contribution in [2.75, 3.05) is 5.32 Å². The molecule has 6 rings (SSSR count). The second-order valence-corrected chi connectivity index (χ2v) is 9.06. The smallest absolute Gasteiger partial charge is 0.413 e. The van der Waals surface area contributed by atoms with Crippen molar-refractivity contribution in [1.29, 1.82) is 0 Å². The van der Waals surface area contributed by atoms with E-state index < -0.39 is 6.09 Å². The van der Waals surface area contributed by atoms with Crippen LogP contribution in [0, 0.1) is 0 Å². The van der Waals surface area contributed by atoms with E-state index in [1.54, 1.807) is 36.5 Å². The minimum atomic E-state index is -0.681. The molecule has 1 aliphatic carbocycles. The van der Waals surface area contributed by atoms with Gasteiger partial charge in [-0.2, -0.15) is 0 Å². The summed E-state index contributed by atoms with van der Waals surface area (Å²) in [5, 5.41) is 14.2. The number of halogens is 1. The van der Waals surface area contributed by atoms with Crippen molar-refractivity contribution in [2.45, 2.75) is 32.0 Å². The molecule has 0 aliphatic heterocycles. The van der Waals surface area contributed by atoms with Gasteiger partial charge in [-0.3, -0.25) is 5.32 Å². The molecule has 1 saturated carbocycles. The number of aromatic nitrogens is 7. The average molecular weight is 517 g/mol. The lowest BCUT2D eigenvalue weighted by molar-refractivity contribution is 0.155. The zero-order valence-corrected chi connectivity index (χ0v) is 20.2. The predicted molar refractivity (Wildman–Crippen MR) is 134 cm³/mol. The molecule has 1 amide bonds. The minimum Gasteiger partial charge on any atom is -0.487 e. The fourth-order valence-electron chi connectivity index (χ4n) is 3.96. The highest BCUT2D eigenvalue weighted by Crippen LogP contribution is 2.39. The Balaban J connectivity index is 1.06. The van der Waals surface area contributed by atoms with E-state index in [4.69, 9.17) is 21.1 Å². The van der Waals surface area contributed by atoms with Crippen LogP contribution in [0.1, 0.15) is 35.6 Å². The molecule has 1 N–H and O–H groups in total. The van der Waals surface area contributed by atoms with Gasteiger partial charge in [0.2, 0.25) is 0 Å². The van der Waals surface area contributed by atoms with Crippen molar-refractivity contribution in [3.05, 3.63) is 89.2 Å². The number of nitrogens with one attached hydrogen (secondary N) is 1. The Bertz CT molecular complexity index is 1570. The second kappa shape index (κ2) is 9.86. The first-order valence-corrected chi connectivity index (χ1v) is 12.0. The number of carbonyl (C=O) groups is 1. The van der Waals surface area contributed by atoms with Crippen LogP contribution >= 0.6 is 11.6 Å². The molecule has 5 aromatic rings. The van der Waals surface area contributed by atoms with Gasteiger partial charge in [-0.25, -0.2) is 19.4 Å². The summed E-state index contributed by atoms with van der Waals surface area (Å²) < 4.78 is 14.8. The van der Waals surface area contributed by atoms with Crippen molar-refractivity contribution < 1.29 is 14.3 Å². The molecule has 1 fully saturated rings. The summed E-state index contributed by atoms with van der Waals surface area (Å²) in [6.07, 6.45) is 8.93. The lowest BCUT2D eigenvalue weighted by Crippen LogP contribution is -2.15. The van der Waals surface area contributed by atoms with Crippen LogP contribution in [0.15, 0.2) is 67.4 Å². The Labute approximate surface area is 216 Å².